The third-order valence-corrected chi connectivity index (χ3v) is 5.67. The minimum absolute atomic E-state index is 0.152. The van der Waals surface area contributed by atoms with Gasteiger partial charge in [0.25, 0.3) is 0 Å². The zero-order chi connectivity index (χ0) is 22.3. The van der Waals surface area contributed by atoms with E-state index in [0.29, 0.717) is 38.7 Å². The van der Waals surface area contributed by atoms with Crippen molar-refractivity contribution in [2.75, 3.05) is 46.4 Å². The molecule has 31 heavy (non-hydrogen) atoms. The third kappa shape index (κ3) is 7.88. The first kappa shape index (κ1) is 23.7. The first-order valence-corrected chi connectivity index (χ1v) is 10.9. The monoisotopic (exact) mass is 442 g/mol. The molecule has 0 radical (unpaired) electrons. The number of aryl methyl sites for hydroxylation is 1. The van der Waals surface area contributed by atoms with Gasteiger partial charge in [-0.15, -0.1) is 0 Å². The van der Waals surface area contributed by atoms with Crippen molar-refractivity contribution in [3.8, 4) is 5.75 Å². The van der Waals surface area contributed by atoms with Gasteiger partial charge in [-0.05, 0) is 50.3 Å². The number of benzene rings is 1. The second-order valence-electron chi connectivity index (χ2n) is 8.37. The van der Waals surface area contributed by atoms with Crippen molar-refractivity contribution >= 4 is 5.96 Å². The molecule has 6 nitrogen and oxygen atoms in total. The Bertz CT molecular complexity index is 736. The molecule has 0 saturated carbocycles. The van der Waals surface area contributed by atoms with Gasteiger partial charge in [0.05, 0.1) is 12.6 Å². The molecule has 9 heteroatoms. The minimum atomic E-state index is -4.14. The van der Waals surface area contributed by atoms with Crippen molar-refractivity contribution in [2.45, 2.75) is 45.0 Å². The fourth-order valence-electron chi connectivity index (χ4n) is 4.02. The molecular weight excluding hydrogens is 409 g/mol. The summed E-state index contributed by atoms with van der Waals surface area (Å²) >= 11 is 0. The summed E-state index contributed by atoms with van der Waals surface area (Å²) in [4.78, 5) is 5.70. The molecule has 2 N–H and O–H groups in total. The lowest BCUT2D eigenvalue weighted by atomic mass is 10.1. The van der Waals surface area contributed by atoms with Crippen LogP contribution in [0.15, 0.2) is 23.2 Å². The van der Waals surface area contributed by atoms with Gasteiger partial charge in [-0.3, -0.25) is 9.89 Å². The summed E-state index contributed by atoms with van der Waals surface area (Å²) in [5, 5.41) is 6.52. The number of alkyl halides is 3. The minimum Gasteiger partial charge on any atom is -0.491 e. The summed E-state index contributed by atoms with van der Waals surface area (Å²) in [6, 6.07) is 6.10. The SMILES string of the molecule is CN=C(NCc1ccc(C)cc1OCC1CCCO1)NCC1CCN(CC(F)(F)F)C1. The standard InChI is InChI=1S/C22H33F3N4O2/c1-16-5-6-18(20(10-16)31-14-19-4-3-9-30-19)12-28-21(26-2)27-11-17-7-8-29(13-17)15-22(23,24)25/h5-6,10,17,19H,3-4,7-9,11-15H2,1-2H3,(H2,26,27,28). The molecule has 2 fully saturated rings. The van der Waals surface area contributed by atoms with Crippen LogP contribution in [0.5, 0.6) is 5.75 Å². The van der Waals surface area contributed by atoms with Crippen LogP contribution in [0.25, 0.3) is 0 Å². The first-order valence-electron chi connectivity index (χ1n) is 10.9. The van der Waals surface area contributed by atoms with E-state index in [2.05, 4.69) is 15.6 Å². The topological polar surface area (TPSA) is 58.1 Å². The fraction of sp³-hybridized carbons (Fsp3) is 0.682. The van der Waals surface area contributed by atoms with Gasteiger partial charge in [-0.1, -0.05) is 12.1 Å². The maximum absolute atomic E-state index is 12.6. The molecule has 1 aromatic rings. The summed E-state index contributed by atoms with van der Waals surface area (Å²) in [5.74, 6) is 1.63. The second-order valence-corrected chi connectivity index (χ2v) is 8.37. The Morgan fingerprint density at radius 2 is 2.13 bits per heavy atom. The van der Waals surface area contributed by atoms with E-state index in [-0.39, 0.29) is 12.0 Å². The van der Waals surface area contributed by atoms with Gasteiger partial charge in [0.15, 0.2) is 5.96 Å². The quantitative estimate of drug-likeness (QED) is 0.479. The van der Waals surface area contributed by atoms with Crippen molar-refractivity contribution in [2.24, 2.45) is 10.9 Å². The average Bonchev–Trinajstić information content (AvgIpc) is 3.38. The predicted octanol–water partition coefficient (Wildman–Crippen LogP) is 3.10. The number of hydrogen-bond donors (Lipinski definition) is 2. The van der Waals surface area contributed by atoms with Crippen LogP contribution in [0.1, 0.15) is 30.4 Å². The average molecular weight is 443 g/mol. The highest BCUT2D eigenvalue weighted by molar-refractivity contribution is 5.79. The smallest absolute Gasteiger partial charge is 0.401 e. The van der Waals surface area contributed by atoms with E-state index in [4.69, 9.17) is 9.47 Å². The number of nitrogens with zero attached hydrogens (tertiary/aromatic N) is 2. The lowest BCUT2D eigenvalue weighted by molar-refractivity contribution is -0.143. The van der Waals surface area contributed by atoms with Gasteiger partial charge in [-0.25, -0.2) is 0 Å². The maximum atomic E-state index is 12.6. The lowest BCUT2D eigenvalue weighted by Crippen LogP contribution is -2.40. The molecule has 2 aliphatic heterocycles. The number of likely N-dealkylation sites (tertiary alicyclic amines) is 1. The number of aliphatic imine (C=N–C) groups is 1. The first-order chi connectivity index (χ1) is 14.8. The molecule has 2 heterocycles. The van der Waals surface area contributed by atoms with E-state index in [1.165, 1.54) is 4.90 Å². The zero-order valence-corrected chi connectivity index (χ0v) is 18.3. The molecule has 0 spiro atoms. The Hall–Kier alpha value is -2.00. The Balaban J connectivity index is 1.46. The van der Waals surface area contributed by atoms with E-state index >= 15 is 0 Å². The van der Waals surface area contributed by atoms with E-state index in [9.17, 15) is 13.2 Å². The fourth-order valence-corrected chi connectivity index (χ4v) is 4.02. The molecule has 0 aliphatic carbocycles. The molecular formula is C22H33F3N4O2. The van der Waals surface area contributed by atoms with Crippen LogP contribution < -0.4 is 15.4 Å². The molecule has 2 aliphatic rings. The van der Waals surface area contributed by atoms with Gasteiger partial charge in [0, 0.05) is 38.9 Å². The van der Waals surface area contributed by atoms with Crippen LogP contribution >= 0.6 is 0 Å². The van der Waals surface area contributed by atoms with Crippen molar-refractivity contribution in [3.63, 3.8) is 0 Å². The van der Waals surface area contributed by atoms with Crippen molar-refractivity contribution in [1.82, 2.24) is 15.5 Å². The largest absolute Gasteiger partial charge is 0.491 e. The highest BCUT2D eigenvalue weighted by Crippen LogP contribution is 2.23. The summed E-state index contributed by atoms with van der Waals surface area (Å²) in [7, 11) is 1.68. The summed E-state index contributed by atoms with van der Waals surface area (Å²) < 4.78 is 49.4. The van der Waals surface area contributed by atoms with Crippen LogP contribution in [-0.2, 0) is 11.3 Å². The number of ether oxygens (including phenoxy) is 2. The Kier molecular flexibility index (Phi) is 8.43. The van der Waals surface area contributed by atoms with Gasteiger partial charge < -0.3 is 20.1 Å². The Morgan fingerprint density at radius 1 is 1.29 bits per heavy atom. The van der Waals surface area contributed by atoms with Crippen LogP contribution in [0, 0.1) is 12.8 Å². The van der Waals surface area contributed by atoms with Gasteiger partial charge in [0.2, 0.25) is 0 Å². The number of rotatable bonds is 8. The summed E-state index contributed by atoms with van der Waals surface area (Å²) in [6.07, 6.45) is -1.14. The van der Waals surface area contributed by atoms with Crippen molar-refractivity contribution in [3.05, 3.63) is 29.3 Å². The Labute approximate surface area is 182 Å². The number of halogens is 3. The highest BCUT2D eigenvalue weighted by Gasteiger charge is 2.34. The molecule has 1 aromatic carbocycles. The molecule has 0 aromatic heterocycles. The molecule has 2 saturated heterocycles. The Morgan fingerprint density at radius 3 is 2.84 bits per heavy atom. The van der Waals surface area contributed by atoms with Crippen LogP contribution in [0.3, 0.4) is 0 Å². The van der Waals surface area contributed by atoms with Crippen LogP contribution in [-0.4, -0.2) is 69.6 Å². The summed E-state index contributed by atoms with van der Waals surface area (Å²) in [6.45, 7) is 4.58. The normalized spacial score (nSPS) is 22.7. The lowest BCUT2D eigenvalue weighted by Gasteiger charge is -2.19. The third-order valence-electron chi connectivity index (χ3n) is 5.67. The highest BCUT2D eigenvalue weighted by atomic mass is 19.4. The molecule has 2 unspecified atom stereocenters. The molecule has 3 rings (SSSR count). The maximum Gasteiger partial charge on any atom is 0.401 e. The van der Waals surface area contributed by atoms with Gasteiger partial charge in [-0.2, -0.15) is 13.2 Å². The van der Waals surface area contributed by atoms with E-state index in [0.717, 1.165) is 42.7 Å². The molecule has 0 amide bonds. The molecule has 0 bridgehead atoms. The second kappa shape index (κ2) is 11.0. The zero-order valence-electron chi connectivity index (χ0n) is 18.3. The van der Waals surface area contributed by atoms with Gasteiger partial charge in [0.1, 0.15) is 12.4 Å². The van der Waals surface area contributed by atoms with Crippen LogP contribution in [0.2, 0.25) is 0 Å². The van der Waals surface area contributed by atoms with Crippen LogP contribution in [0.4, 0.5) is 13.2 Å². The van der Waals surface area contributed by atoms with Crippen molar-refractivity contribution in [1.29, 1.82) is 0 Å². The number of hydrogen-bond acceptors (Lipinski definition) is 4. The number of nitrogens with one attached hydrogen (secondary N) is 2. The molecule has 2 atom stereocenters. The van der Waals surface area contributed by atoms with Gasteiger partial charge >= 0.3 is 6.18 Å². The predicted molar refractivity (Wildman–Crippen MR) is 114 cm³/mol. The molecule has 174 valence electrons. The van der Waals surface area contributed by atoms with Crippen molar-refractivity contribution < 1.29 is 22.6 Å². The van der Waals surface area contributed by atoms with E-state index in [1.807, 2.05) is 25.1 Å². The van der Waals surface area contributed by atoms with E-state index < -0.39 is 12.7 Å². The summed E-state index contributed by atoms with van der Waals surface area (Å²) in [5.41, 5.74) is 2.14. The number of guanidine groups is 1. The van der Waals surface area contributed by atoms with E-state index in [1.54, 1.807) is 7.05 Å².